The highest BCUT2D eigenvalue weighted by atomic mass is 32.2. The number of amides is 1. The molecule has 1 aliphatic heterocycles. The van der Waals surface area contributed by atoms with E-state index >= 15 is 0 Å². The van der Waals surface area contributed by atoms with Gasteiger partial charge in [-0.05, 0) is 73.4 Å². The number of likely N-dealkylation sites (tertiary alicyclic amines) is 1. The number of carbonyl (C=O) groups is 1. The topological polar surface area (TPSA) is 89.1 Å². The molecule has 0 unspecified atom stereocenters. The smallest absolute Gasteiger partial charge is 0.237 e. The van der Waals surface area contributed by atoms with E-state index in [1.54, 1.807) is 0 Å². The fourth-order valence-electron chi connectivity index (χ4n) is 5.62. The zero-order valence-electron chi connectivity index (χ0n) is 27.1. The number of anilines is 1. The van der Waals surface area contributed by atoms with E-state index in [9.17, 15) is 4.79 Å². The number of nitrogens with zero attached hydrogens (tertiary/aromatic N) is 5. The molecule has 1 aliphatic rings. The van der Waals surface area contributed by atoms with Crippen LogP contribution >= 0.6 is 11.9 Å². The van der Waals surface area contributed by atoms with Crippen molar-refractivity contribution in [3.8, 4) is 11.1 Å². The maximum atomic E-state index is 13.3. The number of nitrogens with one attached hydrogen (secondary N) is 1. The van der Waals surface area contributed by atoms with Crippen LogP contribution in [-0.2, 0) is 30.7 Å². The Balaban J connectivity index is 1.49. The molecule has 0 saturated carbocycles. The van der Waals surface area contributed by atoms with Gasteiger partial charge < -0.3 is 9.42 Å². The van der Waals surface area contributed by atoms with Crippen molar-refractivity contribution in [1.82, 2.24) is 24.8 Å². The Kier molecular flexibility index (Phi) is 10.1. The Hall–Kier alpha value is -3.59. The van der Waals surface area contributed by atoms with Crippen LogP contribution in [0.15, 0.2) is 51.9 Å². The van der Waals surface area contributed by atoms with Crippen LogP contribution in [0.3, 0.4) is 0 Å². The maximum absolute atomic E-state index is 13.3. The number of hydrogen-bond donors (Lipinski definition) is 1. The molecule has 1 fully saturated rings. The van der Waals surface area contributed by atoms with E-state index in [0.29, 0.717) is 19.0 Å². The SMILES string of the molecule is CCCCc1nc(CCCC)n(Cc2ccc(-c3ccccc3SNc3onc(C)c3C)c(CN3CCC(C)(C)C3=O)c2)n1. The van der Waals surface area contributed by atoms with E-state index in [2.05, 4.69) is 78.7 Å². The zero-order valence-corrected chi connectivity index (χ0v) is 27.9. The highest BCUT2D eigenvalue weighted by Crippen LogP contribution is 2.37. The highest BCUT2D eigenvalue weighted by molar-refractivity contribution is 8.00. The van der Waals surface area contributed by atoms with Crippen molar-refractivity contribution < 1.29 is 9.32 Å². The lowest BCUT2D eigenvalue weighted by molar-refractivity contribution is -0.135. The van der Waals surface area contributed by atoms with Crippen LogP contribution in [-0.4, -0.2) is 37.3 Å². The molecule has 1 N–H and O–H groups in total. The second-order valence-electron chi connectivity index (χ2n) is 12.6. The van der Waals surface area contributed by atoms with Gasteiger partial charge in [0.25, 0.3) is 0 Å². The Morgan fingerprint density at radius 2 is 1.77 bits per heavy atom. The van der Waals surface area contributed by atoms with Gasteiger partial charge in [0.15, 0.2) is 5.82 Å². The Bertz CT molecular complexity index is 1590. The van der Waals surface area contributed by atoms with Crippen LogP contribution < -0.4 is 4.72 Å². The molecule has 4 aromatic rings. The fourth-order valence-corrected chi connectivity index (χ4v) is 6.45. The van der Waals surface area contributed by atoms with Gasteiger partial charge in [0.1, 0.15) is 5.82 Å². The quantitative estimate of drug-likeness (QED) is 0.143. The summed E-state index contributed by atoms with van der Waals surface area (Å²) in [6.07, 6.45) is 7.15. The number of unbranched alkanes of at least 4 members (excludes halogenated alkanes) is 2. The van der Waals surface area contributed by atoms with Gasteiger partial charge >= 0.3 is 0 Å². The predicted octanol–water partition coefficient (Wildman–Crippen LogP) is 8.16. The maximum Gasteiger partial charge on any atom is 0.237 e. The summed E-state index contributed by atoms with van der Waals surface area (Å²) in [5.74, 6) is 2.88. The minimum Gasteiger partial charge on any atom is -0.338 e. The summed E-state index contributed by atoms with van der Waals surface area (Å²) >= 11 is 1.51. The van der Waals surface area contributed by atoms with E-state index in [0.717, 1.165) is 102 Å². The van der Waals surface area contributed by atoms with Crippen LogP contribution in [0, 0.1) is 19.3 Å². The molecule has 5 rings (SSSR count). The molecule has 2 aromatic carbocycles. The van der Waals surface area contributed by atoms with Crippen molar-refractivity contribution in [3.63, 3.8) is 0 Å². The molecule has 0 atom stereocenters. The lowest BCUT2D eigenvalue weighted by Crippen LogP contribution is -2.30. The average molecular weight is 615 g/mol. The molecule has 8 nitrogen and oxygen atoms in total. The lowest BCUT2D eigenvalue weighted by atomic mass is 9.92. The summed E-state index contributed by atoms with van der Waals surface area (Å²) in [5, 5.41) is 9.01. The monoisotopic (exact) mass is 614 g/mol. The van der Waals surface area contributed by atoms with Crippen molar-refractivity contribution in [2.45, 2.75) is 104 Å². The van der Waals surface area contributed by atoms with Crippen molar-refractivity contribution in [1.29, 1.82) is 0 Å². The lowest BCUT2D eigenvalue weighted by Gasteiger charge is -2.22. The van der Waals surface area contributed by atoms with E-state index in [1.165, 1.54) is 11.9 Å². The van der Waals surface area contributed by atoms with Gasteiger partial charge in [0.05, 0.1) is 12.2 Å². The summed E-state index contributed by atoms with van der Waals surface area (Å²) in [4.78, 5) is 21.3. The number of aryl methyl sites for hydroxylation is 3. The van der Waals surface area contributed by atoms with Crippen LogP contribution in [0.5, 0.6) is 0 Å². The van der Waals surface area contributed by atoms with Crippen LogP contribution in [0.25, 0.3) is 11.1 Å². The number of benzene rings is 2. The molecule has 44 heavy (non-hydrogen) atoms. The van der Waals surface area contributed by atoms with Crippen LogP contribution in [0.4, 0.5) is 5.88 Å². The minimum absolute atomic E-state index is 0.216. The first-order valence-corrected chi connectivity index (χ1v) is 16.8. The van der Waals surface area contributed by atoms with E-state index in [-0.39, 0.29) is 11.3 Å². The van der Waals surface area contributed by atoms with Gasteiger partial charge in [-0.2, -0.15) is 5.10 Å². The Labute approximate surface area is 266 Å². The Morgan fingerprint density at radius 3 is 2.48 bits per heavy atom. The molecule has 0 radical (unpaired) electrons. The average Bonchev–Trinajstić information content (AvgIpc) is 3.64. The number of aromatic nitrogens is 4. The molecular formula is C35H46N6O2S. The largest absolute Gasteiger partial charge is 0.338 e. The van der Waals surface area contributed by atoms with Crippen molar-refractivity contribution in [2.75, 3.05) is 11.3 Å². The third-order valence-electron chi connectivity index (χ3n) is 8.62. The van der Waals surface area contributed by atoms with Gasteiger partial charge in [-0.1, -0.05) is 82.1 Å². The second kappa shape index (κ2) is 14.0. The molecule has 2 aromatic heterocycles. The summed E-state index contributed by atoms with van der Waals surface area (Å²) < 4.78 is 11.0. The standard InChI is InChI=1S/C35H46N6O2S/c1-7-9-15-31-36-32(16-10-8-2)41(37-31)22-26-17-18-28(27(21-26)23-40-20-19-35(5,6)34(40)42)29-13-11-12-14-30(29)44-39-33-24(3)25(4)38-43-33/h11-14,17-18,21,39H,7-10,15-16,19-20,22-23H2,1-6H3. The number of hydrogen-bond acceptors (Lipinski definition) is 7. The van der Waals surface area contributed by atoms with Gasteiger partial charge in [-0.25, -0.2) is 9.67 Å². The van der Waals surface area contributed by atoms with Crippen LogP contribution in [0.1, 0.15) is 93.8 Å². The summed E-state index contributed by atoms with van der Waals surface area (Å²) in [7, 11) is 0. The molecule has 0 aliphatic carbocycles. The van der Waals surface area contributed by atoms with Crippen molar-refractivity contribution in [2.24, 2.45) is 5.41 Å². The first-order valence-electron chi connectivity index (χ1n) is 16.0. The zero-order chi connectivity index (χ0) is 31.3. The molecule has 0 bridgehead atoms. The molecule has 234 valence electrons. The number of rotatable bonds is 14. The van der Waals surface area contributed by atoms with Gasteiger partial charge in [0, 0.05) is 41.8 Å². The van der Waals surface area contributed by atoms with Gasteiger partial charge in [-0.3, -0.25) is 9.52 Å². The van der Waals surface area contributed by atoms with Gasteiger partial charge in [-0.15, -0.1) is 0 Å². The first-order chi connectivity index (χ1) is 21.2. The number of carbonyl (C=O) groups excluding carboxylic acids is 1. The molecule has 3 heterocycles. The second-order valence-corrected chi connectivity index (χ2v) is 13.4. The third-order valence-corrected chi connectivity index (χ3v) is 9.49. The molecule has 0 spiro atoms. The molecule has 1 saturated heterocycles. The minimum atomic E-state index is -0.327. The van der Waals surface area contributed by atoms with Gasteiger partial charge in [0.2, 0.25) is 11.8 Å². The highest BCUT2D eigenvalue weighted by Gasteiger charge is 2.38. The third kappa shape index (κ3) is 7.20. The van der Waals surface area contributed by atoms with Crippen molar-refractivity contribution >= 4 is 23.7 Å². The first kappa shape index (κ1) is 31.8. The molecule has 1 amide bonds. The van der Waals surface area contributed by atoms with Crippen molar-refractivity contribution in [3.05, 3.63) is 76.5 Å². The summed E-state index contributed by atoms with van der Waals surface area (Å²) in [6, 6.07) is 15.1. The van der Waals surface area contributed by atoms with Crippen LogP contribution in [0.2, 0.25) is 0 Å². The fraction of sp³-hybridized carbons (Fsp3) is 0.486. The van der Waals surface area contributed by atoms with E-state index < -0.39 is 0 Å². The summed E-state index contributed by atoms with van der Waals surface area (Å²) in [6.45, 7) is 14.5. The predicted molar refractivity (Wildman–Crippen MR) is 177 cm³/mol. The van der Waals surface area contributed by atoms with E-state index in [4.69, 9.17) is 14.6 Å². The Morgan fingerprint density at radius 1 is 1.00 bits per heavy atom. The molecule has 9 heteroatoms. The summed E-state index contributed by atoms with van der Waals surface area (Å²) in [5.41, 5.74) is 6.07. The normalized spacial score (nSPS) is 14.5. The molecular weight excluding hydrogens is 568 g/mol. The van der Waals surface area contributed by atoms with E-state index in [1.807, 2.05) is 24.8 Å².